The van der Waals surface area contributed by atoms with Crippen LogP contribution in [0.25, 0.3) is 0 Å². The summed E-state index contributed by atoms with van der Waals surface area (Å²) in [5.41, 5.74) is -0.656. The lowest BCUT2D eigenvalue weighted by Gasteiger charge is -2.12. The van der Waals surface area contributed by atoms with Crippen molar-refractivity contribution in [2.45, 2.75) is 6.29 Å². The summed E-state index contributed by atoms with van der Waals surface area (Å²) >= 11 is 0. The van der Waals surface area contributed by atoms with Gasteiger partial charge >= 0.3 is 0 Å². The molecule has 2 rings (SSSR count). The number of hydrogen-bond acceptors (Lipinski definition) is 4. The predicted molar refractivity (Wildman–Crippen MR) is 50.3 cm³/mol. The molecule has 0 radical (unpaired) electrons. The third-order valence-electron chi connectivity index (χ3n) is 2.28. The van der Waals surface area contributed by atoms with Gasteiger partial charge in [-0.25, -0.2) is 13.2 Å². The molecule has 0 amide bonds. The second-order valence-electron chi connectivity index (χ2n) is 3.32. The molecule has 1 aromatic rings. The van der Waals surface area contributed by atoms with Gasteiger partial charge in [0, 0.05) is 11.1 Å². The van der Waals surface area contributed by atoms with Gasteiger partial charge < -0.3 is 14.7 Å². The zero-order chi connectivity index (χ0) is 12.4. The number of hydrogen-bond donors (Lipinski definition) is 1. The van der Waals surface area contributed by atoms with Crippen molar-refractivity contribution in [1.82, 2.24) is 0 Å². The largest absolute Gasteiger partial charge is 0.411 e. The summed E-state index contributed by atoms with van der Waals surface area (Å²) in [5.74, 6) is -4.46. The maximum absolute atomic E-state index is 13.5. The number of ether oxygens (including phenoxy) is 2. The second kappa shape index (κ2) is 4.72. The van der Waals surface area contributed by atoms with E-state index in [1.54, 1.807) is 0 Å². The summed E-state index contributed by atoms with van der Waals surface area (Å²) in [5, 5.41) is 10.9. The average Bonchev–Trinajstić information content (AvgIpc) is 2.83. The van der Waals surface area contributed by atoms with Crippen LogP contribution in [0.1, 0.15) is 17.4 Å². The number of oxime groups is 1. The van der Waals surface area contributed by atoms with E-state index in [-0.39, 0.29) is 24.3 Å². The van der Waals surface area contributed by atoms with Gasteiger partial charge in [-0.3, -0.25) is 0 Å². The van der Waals surface area contributed by atoms with E-state index >= 15 is 0 Å². The van der Waals surface area contributed by atoms with Crippen LogP contribution in [-0.2, 0) is 9.47 Å². The van der Waals surface area contributed by atoms with Crippen molar-refractivity contribution in [2.24, 2.45) is 5.16 Å². The quantitative estimate of drug-likeness (QED) is 0.376. The minimum absolute atomic E-state index is 0.243. The van der Waals surface area contributed by atoms with Gasteiger partial charge in [-0.2, -0.15) is 0 Å². The molecule has 17 heavy (non-hydrogen) atoms. The van der Waals surface area contributed by atoms with E-state index in [0.29, 0.717) is 6.21 Å². The normalized spacial score (nSPS) is 17.1. The summed E-state index contributed by atoms with van der Waals surface area (Å²) in [4.78, 5) is 0. The summed E-state index contributed by atoms with van der Waals surface area (Å²) < 4.78 is 49.9. The number of rotatable bonds is 2. The Morgan fingerprint density at radius 3 is 2.41 bits per heavy atom. The van der Waals surface area contributed by atoms with E-state index in [9.17, 15) is 13.2 Å². The molecular formula is C10H8F3NO3. The fourth-order valence-corrected chi connectivity index (χ4v) is 1.51. The molecule has 1 saturated heterocycles. The average molecular weight is 247 g/mol. The third-order valence-corrected chi connectivity index (χ3v) is 2.28. The van der Waals surface area contributed by atoms with E-state index < -0.39 is 23.7 Å². The molecule has 1 N–H and O–H groups in total. The Morgan fingerprint density at radius 2 is 1.82 bits per heavy atom. The number of halogens is 3. The maximum atomic E-state index is 13.5. The Bertz CT molecular complexity index is 459. The summed E-state index contributed by atoms with van der Waals surface area (Å²) in [6, 6.07) is 0.976. The monoisotopic (exact) mass is 247 g/mol. The molecule has 0 atom stereocenters. The highest BCUT2D eigenvalue weighted by molar-refractivity contribution is 5.79. The smallest absolute Gasteiger partial charge is 0.195 e. The fourth-order valence-electron chi connectivity index (χ4n) is 1.51. The van der Waals surface area contributed by atoms with Crippen molar-refractivity contribution in [2.75, 3.05) is 13.2 Å². The zero-order valence-corrected chi connectivity index (χ0v) is 8.49. The molecule has 0 saturated carbocycles. The van der Waals surface area contributed by atoms with Gasteiger partial charge in [0.15, 0.2) is 23.7 Å². The molecular weight excluding hydrogens is 239 g/mol. The second-order valence-corrected chi connectivity index (χ2v) is 3.32. The lowest BCUT2D eigenvalue weighted by molar-refractivity contribution is -0.0469. The maximum Gasteiger partial charge on any atom is 0.195 e. The van der Waals surface area contributed by atoms with Crippen LogP contribution < -0.4 is 0 Å². The molecule has 1 fully saturated rings. The van der Waals surface area contributed by atoms with Gasteiger partial charge in [0.2, 0.25) is 0 Å². The summed E-state index contributed by atoms with van der Waals surface area (Å²) in [7, 11) is 0. The van der Waals surface area contributed by atoms with Crippen LogP contribution in [0.3, 0.4) is 0 Å². The van der Waals surface area contributed by atoms with Crippen molar-refractivity contribution in [3.8, 4) is 0 Å². The van der Waals surface area contributed by atoms with Gasteiger partial charge in [0.25, 0.3) is 0 Å². The van der Waals surface area contributed by atoms with E-state index in [1.165, 1.54) is 0 Å². The topological polar surface area (TPSA) is 51.1 Å². The van der Waals surface area contributed by atoms with Crippen LogP contribution in [-0.4, -0.2) is 24.6 Å². The van der Waals surface area contributed by atoms with Crippen molar-refractivity contribution in [3.63, 3.8) is 0 Å². The van der Waals surface area contributed by atoms with Gasteiger partial charge in [0.1, 0.15) is 0 Å². The van der Waals surface area contributed by atoms with E-state index in [4.69, 9.17) is 14.7 Å². The Hall–Kier alpha value is -1.60. The first-order valence-electron chi connectivity index (χ1n) is 4.73. The molecule has 0 aromatic heterocycles. The van der Waals surface area contributed by atoms with Crippen molar-refractivity contribution >= 4 is 6.21 Å². The molecule has 0 spiro atoms. The highest BCUT2D eigenvalue weighted by Crippen LogP contribution is 2.29. The van der Waals surface area contributed by atoms with Crippen LogP contribution in [0.5, 0.6) is 0 Å². The zero-order valence-electron chi connectivity index (χ0n) is 8.49. The SMILES string of the molecule is O/N=C\c1cc(C2OCCO2)c(F)c(F)c1F. The highest BCUT2D eigenvalue weighted by atomic mass is 19.2. The number of nitrogens with zero attached hydrogens (tertiary/aromatic N) is 1. The van der Waals surface area contributed by atoms with Crippen molar-refractivity contribution < 1.29 is 27.9 Å². The van der Waals surface area contributed by atoms with Crippen LogP contribution in [0, 0.1) is 17.5 Å². The highest BCUT2D eigenvalue weighted by Gasteiger charge is 2.27. The van der Waals surface area contributed by atoms with Crippen LogP contribution in [0.2, 0.25) is 0 Å². The lowest BCUT2D eigenvalue weighted by atomic mass is 10.1. The van der Waals surface area contributed by atoms with Crippen LogP contribution in [0.4, 0.5) is 13.2 Å². The Morgan fingerprint density at radius 1 is 1.18 bits per heavy atom. The molecule has 1 aliphatic rings. The Kier molecular flexibility index (Phi) is 3.30. The van der Waals surface area contributed by atoms with E-state index in [0.717, 1.165) is 6.07 Å². The molecule has 1 aliphatic heterocycles. The van der Waals surface area contributed by atoms with Crippen molar-refractivity contribution in [1.29, 1.82) is 0 Å². The molecule has 0 bridgehead atoms. The van der Waals surface area contributed by atoms with Gasteiger partial charge in [-0.15, -0.1) is 0 Å². The first kappa shape index (κ1) is 11.9. The summed E-state index contributed by atoms with van der Waals surface area (Å²) in [6.07, 6.45) is -0.410. The molecule has 1 aromatic carbocycles. The molecule has 0 aliphatic carbocycles. The first-order valence-corrected chi connectivity index (χ1v) is 4.73. The molecule has 7 heteroatoms. The van der Waals surface area contributed by atoms with Gasteiger partial charge in [0.05, 0.1) is 19.4 Å². The fraction of sp³-hybridized carbons (Fsp3) is 0.300. The van der Waals surface area contributed by atoms with Gasteiger partial charge in [-0.1, -0.05) is 5.16 Å². The first-order chi connectivity index (χ1) is 8.15. The van der Waals surface area contributed by atoms with Gasteiger partial charge in [-0.05, 0) is 6.07 Å². The van der Waals surface area contributed by atoms with Crippen molar-refractivity contribution in [3.05, 3.63) is 34.6 Å². The minimum Gasteiger partial charge on any atom is -0.411 e. The standard InChI is InChI=1S/C10H8F3NO3/c11-7-5(4-14-15)3-6(8(12)9(7)13)10-16-1-2-17-10/h3-4,10,15H,1-2H2/b14-4-. The third kappa shape index (κ3) is 2.11. The lowest BCUT2D eigenvalue weighted by Crippen LogP contribution is -2.08. The van der Waals surface area contributed by atoms with E-state index in [2.05, 4.69) is 5.16 Å². The predicted octanol–water partition coefficient (Wildman–Crippen LogP) is 1.96. The van der Waals surface area contributed by atoms with Crippen LogP contribution in [0.15, 0.2) is 11.2 Å². The minimum atomic E-state index is -1.66. The Labute approximate surface area is 94.3 Å². The molecule has 92 valence electrons. The molecule has 4 nitrogen and oxygen atoms in total. The Balaban J connectivity index is 2.51. The number of benzene rings is 1. The van der Waals surface area contributed by atoms with Crippen LogP contribution >= 0.6 is 0 Å². The van der Waals surface area contributed by atoms with E-state index in [1.807, 2.05) is 0 Å². The summed E-state index contributed by atoms with van der Waals surface area (Å²) in [6.45, 7) is 0.485. The molecule has 0 unspecified atom stereocenters. The molecule has 1 heterocycles.